The summed E-state index contributed by atoms with van der Waals surface area (Å²) in [6.07, 6.45) is 3.09. The molecule has 0 aliphatic rings. The molecule has 19 heavy (non-hydrogen) atoms. The van der Waals surface area contributed by atoms with Gasteiger partial charge in [0.15, 0.2) is 5.65 Å². The molecule has 0 fully saturated rings. The third kappa shape index (κ3) is 1.95. The van der Waals surface area contributed by atoms with Gasteiger partial charge in [-0.2, -0.15) is 0 Å². The van der Waals surface area contributed by atoms with E-state index in [0.29, 0.717) is 22.5 Å². The molecule has 3 aromatic rings. The fraction of sp³-hybridized carbons (Fsp3) is 0.0714. The van der Waals surface area contributed by atoms with Gasteiger partial charge in [0, 0.05) is 12.3 Å². The van der Waals surface area contributed by atoms with Crippen molar-refractivity contribution in [3.8, 4) is 11.4 Å². The molecule has 0 saturated heterocycles. The molecule has 0 N–H and O–H groups in total. The number of aromatic nitrogens is 3. The van der Waals surface area contributed by atoms with E-state index >= 15 is 0 Å². The van der Waals surface area contributed by atoms with Gasteiger partial charge in [0.05, 0.1) is 18.2 Å². The number of benzene rings is 1. The first kappa shape index (κ1) is 11.4. The summed E-state index contributed by atoms with van der Waals surface area (Å²) in [7, 11) is 1.59. The summed E-state index contributed by atoms with van der Waals surface area (Å²) >= 11 is 0. The van der Waals surface area contributed by atoms with E-state index in [-0.39, 0.29) is 5.56 Å². The lowest BCUT2D eigenvalue weighted by Gasteiger charge is -2.07. The number of hydrogen-bond donors (Lipinski definition) is 0. The Hall–Kier alpha value is -2.69. The lowest BCUT2D eigenvalue weighted by molar-refractivity contribution is 0.414. The zero-order valence-electron chi connectivity index (χ0n) is 10.3. The van der Waals surface area contributed by atoms with Crippen LogP contribution in [0.15, 0.2) is 53.7 Å². The maximum Gasteiger partial charge on any atom is 0.267 e. The molecule has 0 saturated carbocycles. The van der Waals surface area contributed by atoms with Crippen LogP contribution in [-0.2, 0) is 0 Å². The first-order chi connectivity index (χ1) is 9.29. The first-order valence-corrected chi connectivity index (χ1v) is 5.76. The van der Waals surface area contributed by atoms with E-state index < -0.39 is 0 Å². The summed E-state index contributed by atoms with van der Waals surface area (Å²) in [6, 6.07) is 10.7. The Balaban J connectivity index is 2.25. The van der Waals surface area contributed by atoms with Crippen molar-refractivity contribution >= 4 is 11.0 Å². The number of hydrogen-bond acceptors (Lipinski definition) is 4. The van der Waals surface area contributed by atoms with Crippen LogP contribution >= 0.6 is 0 Å². The van der Waals surface area contributed by atoms with E-state index in [4.69, 9.17) is 4.74 Å². The lowest BCUT2D eigenvalue weighted by Crippen LogP contribution is -2.19. The normalized spacial score (nSPS) is 10.6. The molecule has 0 bridgehead atoms. The molecule has 5 nitrogen and oxygen atoms in total. The summed E-state index contributed by atoms with van der Waals surface area (Å²) in [5.41, 5.74) is 1.01. The minimum absolute atomic E-state index is 0.147. The van der Waals surface area contributed by atoms with Gasteiger partial charge in [-0.3, -0.25) is 9.36 Å². The van der Waals surface area contributed by atoms with Crippen LogP contribution in [0.4, 0.5) is 0 Å². The largest absolute Gasteiger partial charge is 0.497 e. The number of rotatable bonds is 2. The summed E-state index contributed by atoms with van der Waals surface area (Å²) in [5.74, 6) is 0.690. The van der Waals surface area contributed by atoms with Crippen LogP contribution in [0.5, 0.6) is 5.75 Å². The maximum absolute atomic E-state index is 12.4. The highest BCUT2D eigenvalue weighted by atomic mass is 16.5. The van der Waals surface area contributed by atoms with Gasteiger partial charge >= 0.3 is 0 Å². The maximum atomic E-state index is 12.4. The van der Waals surface area contributed by atoms with Crippen molar-refractivity contribution in [3.05, 3.63) is 59.3 Å². The predicted octanol–water partition coefficient (Wildman–Crippen LogP) is 1.79. The Morgan fingerprint density at radius 1 is 1.16 bits per heavy atom. The molecule has 2 heterocycles. The van der Waals surface area contributed by atoms with E-state index in [1.807, 2.05) is 18.2 Å². The summed E-state index contributed by atoms with van der Waals surface area (Å²) in [6.45, 7) is 0. The van der Waals surface area contributed by atoms with E-state index in [0.717, 1.165) is 0 Å². The Labute approximate surface area is 109 Å². The number of nitrogens with zero attached hydrogens (tertiary/aromatic N) is 3. The monoisotopic (exact) mass is 253 g/mol. The van der Waals surface area contributed by atoms with Gasteiger partial charge in [-0.1, -0.05) is 6.07 Å². The number of methoxy groups -OCH3 is 1. The molecule has 0 aliphatic heterocycles. The van der Waals surface area contributed by atoms with Crippen LogP contribution in [0, 0.1) is 0 Å². The minimum atomic E-state index is -0.147. The zero-order chi connectivity index (χ0) is 13.2. The second-order valence-corrected chi connectivity index (χ2v) is 4.00. The first-order valence-electron chi connectivity index (χ1n) is 5.76. The van der Waals surface area contributed by atoms with E-state index in [1.54, 1.807) is 31.5 Å². The van der Waals surface area contributed by atoms with Gasteiger partial charge < -0.3 is 4.74 Å². The third-order valence-corrected chi connectivity index (χ3v) is 2.86. The van der Waals surface area contributed by atoms with Crippen molar-refractivity contribution in [1.82, 2.24) is 14.5 Å². The molecule has 1 aromatic carbocycles. The quantitative estimate of drug-likeness (QED) is 0.698. The Bertz CT molecular complexity index is 796. The van der Waals surface area contributed by atoms with Crippen molar-refractivity contribution < 1.29 is 4.74 Å². The van der Waals surface area contributed by atoms with E-state index in [1.165, 1.54) is 10.9 Å². The second kappa shape index (κ2) is 4.53. The van der Waals surface area contributed by atoms with Crippen molar-refractivity contribution in [1.29, 1.82) is 0 Å². The third-order valence-electron chi connectivity index (χ3n) is 2.86. The van der Waals surface area contributed by atoms with Crippen molar-refractivity contribution in [3.63, 3.8) is 0 Å². The van der Waals surface area contributed by atoms with Gasteiger partial charge in [0.2, 0.25) is 0 Å². The molecule has 5 heteroatoms. The minimum Gasteiger partial charge on any atom is -0.497 e. The average molecular weight is 253 g/mol. The van der Waals surface area contributed by atoms with Crippen LogP contribution in [0.25, 0.3) is 16.7 Å². The molecule has 3 rings (SSSR count). The molecule has 0 unspecified atom stereocenters. The Kier molecular flexibility index (Phi) is 2.72. The number of ether oxygens (including phenoxy) is 1. The van der Waals surface area contributed by atoms with E-state index in [9.17, 15) is 4.79 Å². The topological polar surface area (TPSA) is 57.0 Å². The van der Waals surface area contributed by atoms with E-state index in [2.05, 4.69) is 9.97 Å². The average Bonchev–Trinajstić information content (AvgIpc) is 2.48. The fourth-order valence-corrected chi connectivity index (χ4v) is 1.91. The highest BCUT2D eigenvalue weighted by molar-refractivity contribution is 5.73. The zero-order valence-corrected chi connectivity index (χ0v) is 10.3. The summed E-state index contributed by atoms with van der Waals surface area (Å²) in [4.78, 5) is 20.6. The van der Waals surface area contributed by atoms with Gasteiger partial charge in [-0.05, 0) is 24.3 Å². The summed E-state index contributed by atoms with van der Waals surface area (Å²) in [5, 5.41) is 0.493. The smallest absolute Gasteiger partial charge is 0.267 e. The molecular weight excluding hydrogens is 242 g/mol. The molecule has 0 aliphatic carbocycles. The molecule has 0 amide bonds. The van der Waals surface area contributed by atoms with Gasteiger partial charge in [0.25, 0.3) is 5.56 Å². The van der Waals surface area contributed by atoms with Crippen LogP contribution in [0.1, 0.15) is 0 Å². The highest BCUT2D eigenvalue weighted by Gasteiger charge is 2.06. The SMILES string of the molecule is COc1cccc(-n2cnc3ncccc3c2=O)c1. The van der Waals surface area contributed by atoms with Crippen LogP contribution in [0.3, 0.4) is 0 Å². The van der Waals surface area contributed by atoms with Crippen molar-refractivity contribution in [2.45, 2.75) is 0 Å². The molecule has 0 radical (unpaired) electrons. The van der Waals surface area contributed by atoms with Gasteiger partial charge in [-0.25, -0.2) is 9.97 Å². The summed E-state index contributed by atoms with van der Waals surface area (Å²) < 4.78 is 6.63. The van der Waals surface area contributed by atoms with Crippen LogP contribution in [-0.4, -0.2) is 21.6 Å². The second-order valence-electron chi connectivity index (χ2n) is 4.00. The number of pyridine rings is 1. The molecule has 0 spiro atoms. The van der Waals surface area contributed by atoms with Crippen LogP contribution < -0.4 is 10.3 Å². The predicted molar refractivity (Wildman–Crippen MR) is 71.7 cm³/mol. The van der Waals surface area contributed by atoms with Gasteiger partial charge in [-0.15, -0.1) is 0 Å². The highest BCUT2D eigenvalue weighted by Crippen LogP contribution is 2.15. The van der Waals surface area contributed by atoms with Crippen molar-refractivity contribution in [2.24, 2.45) is 0 Å². The van der Waals surface area contributed by atoms with Gasteiger partial charge in [0.1, 0.15) is 12.1 Å². The van der Waals surface area contributed by atoms with Crippen molar-refractivity contribution in [2.75, 3.05) is 7.11 Å². The Morgan fingerprint density at radius 2 is 2.05 bits per heavy atom. The Morgan fingerprint density at radius 3 is 2.89 bits per heavy atom. The molecule has 2 aromatic heterocycles. The molecule has 94 valence electrons. The number of fused-ring (bicyclic) bond motifs is 1. The van der Waals surface area contributed by atoms with Crippen LogP contribution in [0.2, 0.25) is 0 Å². The standard InChI is InChI=1S/C14H11N3O2/c1-19-11-5-2-4-10(8-11)17-9-16-13-12(14(17)18)6-3-7-15-13/h2-9H,1H3. The molecular formula is C14H11N3O2. The fourth-order valence-electron chi connectivity index (χ4n) is 1.91. The molecule has 0 atom stereocenters. The lowest BCUT2D eigenvalue weighted by atomic mass is 10.3.